The average Bonchev–Trinajstić information content (AvgIpc) is 2.69. The molecule has 0 aliphatic heterocycles. The number of amides is 1. The van der Waals surface area contributed by atoms with Crippen molar-refractivity contribution in [2.75, 3.05) is 11.9 Å². The van der Waals surface area contributed by atoms with E-state index in [9.17, 15) is 18.0 Å². The number of aryl methyl sites for hydroxylation is 2. The van der Waals surface area contributed by atoms with Crippen molar-refractivity contribution in [2.24, 2.45) is 0 Å². The fraction of sp³-hybridized carbons (Fsp3) is 0.300. The van der Waals surface area contributed by atoms with Gasteiger partial charge in [0.05, 0.1) is 14.9 Å². The van der Waals surface area contributed by atoms with Gasteiger partial charge in [-0.05, 0) is 49.6 Å². The smallest absolute Gasteiger partial charge is 0.324 e. The molecule has 0 unspecified atom stereocenters. The second kappa shape index (κ2) is 10.3. The lowest BCUT2D eigenvalue weighted by Gasteiger charge is -2.15. The van der Waals surface area contributed by atoms with Crippen LogP contribution in [0, 0.1) is 6.92 Å². The molecule has 0 heterocycles. The van der Waals surface area contributed by atoms with E-state index in [-0.39, 0.29) is 14.9 Å². The van der Waals surface area contributed by atoms with Crippen LogP contribution in [-0.4, -0.2) is 32.9 Å². The number of rotatable bonds is 8. The molecule has 10 heteroatoms. The maximum Gasteiger partial charge on any atom is 0.324 e. The second-order valence-corrected chi connectivity index (χ2v) is 9.07. The van der Waals surface area contributed by atoms with Crippen molar-refractivity contribution in [3.8, 4) is 0 Å². The Labute approximate surface area is 185 Å². The van der Waals surface area contributed by atoms with Crippen LogP contribution in [0.15, 0.2) is 41.3 Å². The van der Waals surface area contributed by atoms with Crippen LogP contribution in [0.4, 0.5) is 5.69 Å². The van der Waals surface area contributed by atoms with Gasteiger partial charge in [-0.15, -0.1) is 0 Å². The Morgan fingerprint density at radius 1 is 1.13 bits per heavy atom. The maximum absolute atomic E-state index is 12.4. The summed E-state index contributed by atoms with van der Waals surface area (Å²) < 4.78 is 31.9. The summed E-state index contributed by atoms with van der Waals surface area (Å²) in [4.78, 5) is 24.2. The fourth-order valence-corrected chi connectivity index (χ4v) is 4.21. The summed E-state index contributed by atoms with van der Waals surface area (Å²) in [6, 6.07) is 8.20. The van der Waals surface area contributed by atoms with Crippen LogP contribution in [-0.2, 0) is 30.8 Å². The summed E-state index contributed by atoms with van der Waals surface area (Å²) in [5, 5.41) is 2.99. The molecule has 0 aromatic heterocycles. The van der Waals surface area contributed by atoms with Gasteiger partial charge in [-0.2, -0.15) is 4.72 Å². The molecule has 2 N–H and O–H groups in total. The fourth-order valence-electron chi connectivity index (χ4n) is 2.63. The first-order valence-electron chi connectivity index (χ1n) is 9.07. The molecule has 2 aromatic carbocycles. The number of hydrogen-bond acceptors (Lipinski definition) is 5. The zero-order chi connectivity index (χ0) is 22.5. The Hall–Kier alpha value is -2.13. The number of halogens is 2. The number of sulfonamides is 1. The molecule has 2 rings (SSSR count). The molecule has 0 aliphatic carbocycles. The first kappa shape index (κ1) is 24.1. The topological polar surface area (TPSA) is 102 Å². The van der Waals surface area contributed by atoms with Gasteiger partial charge in [-0.25, -0.2) is 8.42 Å². The van der Waals surface area contributed by atoms with Gasteiger partial charge in [0.25, 0.3) is 5.91 Å². The van der Waals surface area contributed by atoms with Crippen molar-refractivity contribution in [2.45, 2.75) is 38.1 Å². The lowest BCUT2D eigenvalue weighted by molar-refractivity contribution is -0.148. The van der Waals surface area contributed by atoms with Crippen LogP contribution in [0.2, 0.25) is 10.0 Å². The normalized spacial score (nSPS) is 12.3. The van der Waals surface area contributed by atoms with Gasteiger partial charge in [0.15, 0.2) is 6.61 Å². The summed E-state index contributed by atoms with van der Waals surface area (Å²) >= 11 is 11.6. The number of anilines is 1. The first-order chi connectivity index (χ1) is 14.0. The van der Waals surface area contributed by atoms with Crippen LogP contribution in [0.1, 0.15) is 25.0 Å². The van der Waals surface area contributed by atoms with Gasteiger partial charge < -0.3 is 10.1 Å². The minimum Gasteiger partial charge on any atom is -0.454 e. The minimum atomic E-state index is -4.04. The number of esters is 1. The van der Waals surface area contributed by atoms with Crippen LogP contribution in [0.25, 0.3) is 0 Å². The van der Waals surface area contributed by atoms with E-state index in [2.05, 4.69) is 10.0 Å². The van der Waals surface area contributed by atoms with Crippen molar-refractivity contribution < 1.29 is 22.7 Å². The van der Waals surface area contributed by atoms with E-state index in [0.29, 0.717) is 5.69 Å². The number of para-hydroxylation sites is 1. The third-order valence-corrected chi connectivity index (χ3v) is 6.51. The van der Waals surface area contributed by atoms with Crippen LogP contribution in [0.3, 0.4) is 0 Å². The summed E-state index contributed by atoms with van der Waals surface area (Å²) in [6.07, 6.45) is 0.727. The van der Waals surface area contributed by atoms with E-state index < -0.39 is 34.5 Å². The number of carbonyl (C=O) groups is 2. The van der Waals surface area contributed by atoms with Gasteiger partial charge in [-0.3, -0.25) is 9.59 Å². The van der Waals surface area contributed by atoms with Gasteiger partial charge >= 0.3 is 5.97 Å². The Bertz CT molecular complexity index is 1060. The highest BCUT2D eigenvalue weighted by Crippen LogP contribution is 2.25. The Kier molecular flexibility index (Phi) is 8.25. The van der Waals surface area contributed by atoms with E-state index >= 15 is 0 Å². The van der Waals surface area contributed by atoms with Gasteiger partial charge in [-0.1, -0.05) is 48.3 Å². The number of hydrogen-bond donors (Lipinski definition) is 2. The van der Waals surface area contributed by atoms with Gasteiger partial charge in [0.2, 0.25) is 10.0 Å². The largest absolute Gasteiger partial charge is 0.454 e. The Morgan fingerprint density at radius 3 is 2.47 bits per heavy atom. The van der Waals surface area contributed by atoms with Crippen molar-refractivity contribution in [3.63, 3.8) is 0 Å². The van der Waals surface area contributed by atoms with E-state index in [0.717, 1.165) is 17.5 Å². The monoisotopic (exact) mass is 472 g/mol. The molecule has 0 saturated carbocycles. The first-order valence-corrected chi connectivity index (χ1v) is 11.3. The molecule has 0 spiro atoms. The van der Waals surface area contributed by atoms with Gasteiger partial charge in [0, 0.05) is 5.69 Å². The molecule has 0 bridgehead atoms. The predicted octanol–water partition coefficient (Wildman–Crippen LogP) is 3.71. The molecule has 1 atom stereocenters. The highest BCUT2D eigenvalue weighted by atomic mass is 35.5. The lowest BCUT2D eigenvalue weighted by Crippen LogP contribution is -2.40. The SMILES string of the molecule is CCc1cccc(C)c1NC(=O)COC(=O)[C@H](C)NS(=O)(=O)c1ccc(Cl)c(Cl)c1. The van der Waals surface area contributed by atoms with Gasteiger partial charge in [0.1, 0.15) is 6.04 Å². The molecular weight excluding hydrogens is 451 g/mol. The molecule has 0 fully saturated rings. The third-order valence-electron chi connectivity index (χ3n) is 4.24. The van der Waals surface area contributed by atoms with Crippen LogP contribution >= 0.6 is 23.2 Å². The summed E-state index contributed by atoms with van der Waals surface area (Å²) in [7, 11) is -4.04. The molecule has 30 heavy (non-hydrogen) atoms. The average molecular weight is 473 g/mol. The number of nitrogens with one attached hydrogen (secondary N) is 2. The standard InChI is InChI=1S/C20H22Cl2N2O5S/c1-4-14-7-5-6-12(2)19(14)23-18(25)11-29-20(26)13(3)24-30(27,28)15-8-9-16(21)17(22)10-15/h5-10,13,24H,4,11H2,1-3H3,(H,23,25)/t13-/m0/s1. The number of carbonyl (C=O) groups excluding carboxylic acids is 2. The molecule has 2 aromatic rings. The second-order valence-electron chi connectivity index (χ2n) is 6.54. The van der Waals surface area contributed by atoms with Crippen molar-refractivity contribution >= 4 is 50.8 Å². The van der Waals surface area contributed by atoms with E-state index in [1.54, 1.807) is 0 Å². The zero-order valence-electron chi connectivity index (χ0n) is 16.7. The molecular formula is C20H22Cl2N2O5S. The summed E-state index contributed by atoms with van der Waals surface area (Å²) in [6.45, 7) is 4.59. The quantitative estimate of drug-likeness (QED) is 0.570. The van der Waals surface area contributed by atoms with E-state index in [4.69, 9.17) is 27.9 Å². The highest BCUT2D eigenvalue weighted by molar-refractivity contribution is 7.89. The van der Waals surface area contributed by atoms with Crippen LogP contribution in [0.5, 0.6) is 0 Å². The maximum atomic E-state index is 12.4. The predicted molar refractivity (Wildman–Crippen MR) is 116 cm³/mol. The third kappa shape index (κ3) is 6.18. The van der Waals surface area contributed by atoms with Crippen molar-refractivity contribution in [1.82, 2.24) is 4.72 Å². The molecule has 0 radical (unpaired) electrons. The number of ether oxygens (including phenoxy) is 1. The zero-order valence-corrected chi connectivity index (χ0v) is 19.0. The Balaban J connectivity index is 1.96. The number of benzene rings is 2. The highest BCUT2D eigenvalue weighted by Gasteiger charge is 2.24. The molecule has 0 saturated heterocycles. The van der Waals surface area contributed by atoms with E-state index in [1.807, 2.05) is 32.0 Å². The summed E-state index contributed by atoms with van der Waals surface area (Å²) in [5.74, 6) is -1.42. The lowest BCUT2D eigenvalue weighted by atomic mass is 10.1. The Morgan fingerprint density at radius 2 is 1.83 bits per heavy atom. The van der Waals surface area contributed by atoms with E-state index in [1.165, 1.54) is 25.1 Å². The van der Waals surface area contributed by atoms with Crippen molar-refractivity contribution in [3.05, 3.63) is 57.6 Å². The molecule has 1 amide bonds. The molecule has 0 aliphatic rings. The minimum absolute atomic E-state index is 0.0640. The molecule has 162 valence electrons. The van der Waals surface area contributed by atoms with Crippen LogP contribution < -0.4 is 10.0 Å². The molecule has 7 nitrogen and oxygen atoms in total. The summed E-state index contributed by atoms with van der Waals surface area (Å²) in [5.41, 5.74) is 2.52. The van der Waals surface area contributed by atoms with Crippen molar-refractivity contribution in [1.29, 1.82) is 0 Å².